The van der Waals surface area contributed by atoms with Crippen LogP contribution in [-0.4, -0.2) is 43.5 Å². The van der Waals surface area contributed by atoms with Crippen LogP contribution in [0.3, 0.4) is 0 Å². The van der Waals surface area contributed by atoms with E-state index in [0.29, 0.717) is 23.4 Å². The summed E-state index contributed by atoms with van der Waals surface area (Å²) in [7, 11) is 4.57. The Morgan fingerprint density at radius 3 is 2.42 bits per heavy atom. The second kappa shape index (κ2) is 11.0. The van der Waals surface area contributed by atoms with Gasteiger partial charge in [-0.2, -0.15) is 4.99 Å². The zero-order valence-corrected chi connectivity index (χ0v) is 19.3. The van der Waals surface area contributed by atoms with Crippen molar-refractivity contribution in [1.29, 1.82) is 0 Å². The Labute approximate surface area is 188 Å². The molecule has 1 heterocycles. The van der Waals surface area contributed by atoms with E-state index in [4.69, 9.17) is 14.2 Å². The van der Waals surface area contributed by atoms with Crippen LogP contribution in [0.1, 0.15) is 12.8 Å². The topological polar surface area (TPSA) is 79.1 Å². The van der Waals surface area contributed by atoms with E-state index in [0.717, 1.165) is 26.6 Å². The van der Waals surface area contributed by atoms with Gasteiger partial charge in [-0.1, -0.05) is 11.3 Å². The summed E-state index contributed by atoms with van der Waals surface area (Å²) in [5.41, 5.74) is 0.804. The number of esters is 1. The Morgan fingerprint density at radius 1 is 1.03 bits per heavy atom. The maximum atomic E-state index is 12.5. The first-order valence-corrected chi connectivity index (χ1v) is 11.4. The lowest BCUT2D eigenvalue weighted by molar-refractivity contribution is -0.141. The summed E-state index contributed by atoms with van der Waals surface area (Å²) in [4.78, 5) is 30.2. The molecular formula is C22H24N2O5S2. The molecule has 164 valence electrons. The Kier molecular flexibility index (Phi) is 8.13. The third-order valence-electron chi connectivity index (χ3n) is 4.49. The number of rotatable bonds is 9. The molecule has 0 aliphatic heterocycles. The van der Waals surface area contributed by atoms with Crippen molar-refractivity contribution in [3.8, 4) is 11.5 Å². The summed E-state index contributed by atoms with van der Waals surface area (Å²) in [6.45, 7) is -0.0116. The van der Waals surface area contributed by atoms with E-state index >= 15 is 0 Å². The van der Waals surface area contributed by atoms with Crippen LogP contribution in [0, 0.1) is 0 Å². The van der Waals surface area contributed by atoms with Crippen molar-refractivity contribution in [3.63, 3.8) is 0 Å². The second-order valence-electron chi connectivity index (χ2n) is 6.51. The van der Waals surface area contributed by atoms with Gasteiger partial charge in [-0.3, -0.25) is 9.59 Å². The molecule has 1 aromatic heterocycles. The molecule has 0 radical (unpaired) electrons. The lowest BCUT2D eigenvalue weighted by Crippen LogP contribution is -2.22. The number of hydrogen-bond donors (Lipinski definition) is 0. The minimum absolute atomic E-state index is 0.0116. The third kappa shape index (κ3) is 6.11. The normalized spacial score (nSPS) is 11.5. The van der Waals surface area contributed by atoms with Crippen LogP contribution < -0.4 is 14.3 Å². The number of aromatic nitrogens is 1. The van der Waals surface area contributed by atoms with Crippen LogP contribution >= 0.6 is 23.1 Å². The first-order chi connectivity index (χ1) is 15.0. The van der Waals surface area contributed by atoms with E-state index in [2.05, 4.69) is 4.99 Å². The van der Waals surface area contributed by atoms with Gasteiger partial charge in [0.1, 0.15) is 18.0 Å². The van der Waals surface area contributed by atoms with Crippen molar-refractivity contribution in [2.45, 2.75) is 24.3 Å². The highest BCUT2D eigenvalue weighted by atomic mass is 32.2. The predicted molar refractivity (Wildman–Crippen MR) is 122 cm³/mol. The smallest absolute Gasteiger partial charge is 0.325 e. The van der Waals surface area contributed by atoms with Crippen LogP contribution in [0.25, 0.3) is 10.2 Å². The van der Waals surface area contributed by atoms with Gasteiger partial charge in [-0.05, 0) is 54.6 Å². The molecule has 0 bridgehead atoms. The van der Waals surface area contributed by atoms with Gasteiger partial charge in [0.2, 0.25) is 5.91 Å². The van der Waals surface area contributed by atoms with Gasteiger partial charge in [0.25, 0.3) is 0 Å². The first kappa shape index (κ1) is 22.9. The number of nitrogens with zero attached hydrogens (tertiary/aromatic N) is 2. The molecule has 0 atom stereocenters. The van der Waals surface area contributed by atoms with Gasteiger partial charge < -0.3 is 18.8 Å². The monoisotopic (exact) mass is 460 g/mol. The largest absolute Gasteiger partial charge is 0.497 e. The number of amides is 1. The zero-order chi connectivity index (χ0) is 22.2. The Bertz CT molecular complexity index is 1120. The van der Waals surface area contributed by atoms with Gasteiger partial charge in [0, 0.05) is 11.3 Å². The highest BCUT2D eigenvalue weighted by Gasteiger charge is 2.12. The summed E-state index contributed by atoms with van der Waals surface area (Å²) in [5, 5.41) is 0. The van der Waals surface area contributed by atoms with Crippen LogP contribution in [0.15, 0.2) is 52.4 Å². The Balaban J connectivity index is 1.69. The third-order valence-corrected chi connectivity index (χ3v) is 6.63. The molecule has 0 aliphatic rings. The van der Waals surface area contributed by atoms with E-state index in [1.165, 1.54) is 18.4 Å². The number of carbonyl (C=O) groups excluding carboxylic acids is 2. The van der Waals surface area contributed by atoms with Crippen molar-refractivity contribution in [1.82, 2.24) is 4.57 Å². The van der Waals surface area contributed by atoms with Gasteiger partial charge >= 0.3 is 5.97 Å². The Morgan fingerprint density at radius 2 is 1.74 bits per heavy atom. The van der Waals surface area contributed by atoms with Crippen molar-refractivity contribution in [2.75, 3.05) is 27.1 Å². The van der Waals surface area contributed by atoms with E-state index in [1.54, 1.807) is 30.5 Å². The highest BCUT2D eigenvalue weighted by molar-refractivity contribution is 7.99. The molecule has 0 saturated carbocycles. The van der Waals surface area contributed by atoms with Crippen molar-refractivity contribution >= 4 is 45.2 Å². The fourth-order valence-corrected chi connectivity index (χ4v) is 4.79. The summed E-state index contributed by atoms with van der Waals surface area (Å²) in [5.74, 6) is 1.71. The molecule has 0 saturated heterocycles. The molecule has 31 heavy (non-hydrogen) atoms. The number of thioether (sulfide) groups is 1. The molecule has 3 aromatic rings. The minimum atomic E-state index is -0.402. The summed E-state index contributed by atoms with van der Waals surface area (Å²) >= 11 is 3.03. The zero-order valence-electron chi connectivity index (χ0n) is 17.6. The maximum absolute atomic E-state index is 12.5. The van der Waals surface area contributed by atoms with Gasteiger partial charge in [-0.15, -0.1) is 11.8 Å². The summed E-state index contributed by atoms with van der Waals surface area (Å²) < 4.78 is 17.8. The lowest BCUT2D eigenvalue weighted by atomic mass is 10.3. The van der Waals surface area contributed by atoms with Crippen LogP contribution in [0.4, 0.5) is 0 Å². The molecule has 3 rings (SSSR count). The molecular weight excluding hydrogens is 436 g/mol. The lowest BCUT2D eigenvalue weighted by Gasteiger charge is -2.04. The molecule has 2 aromatic carbocycles. The standard InChI is InChI=1S/C22H24N2O5S2/c1-27-15-6-9-17(10-7-15)30-12-4-5-20(25)23-22-24(14-21(26)29-3)18-11-8-16(28-2)13-19(18)31-22/h6-11,13H,4-5,12,14H2,1-3H3. The fraction of sp³-hybridized carbons (Fsp3) is 0.318. The predicted octanol–water partition coefficient (Wildman–Crippen LogP) is 3.89. The minimum Gasteiger partial charge on any atom is -0.497 e. The molecule has 0 N–H and O–H groups in total. The highest BCUT2D eigenvalue weighted by Crippen LogP contribution is 2.24. The number of hydrogen-bond acceptors (Lipinski definition) is 7. The molecule has 1 amide bonds. The van der Waals surface area contributed by atoms with Gasteiger partial charge in [0.15, 0.2) is 4.80 Å². The number of carbonyl (C=O) groups is 2. The first-order valence-electron chi connectivity index (χ1n) is 9.62. The number of thiazole rings is 1. The van der Waals surface area contributed by atoms with Crippen molar-refractivity contribution in [3.05, 3.63) is 47.3 Å². The van der Waals surface area contributed by atoms with E-state index in [1.807, 2.05) is 42.5 Å². The number of ether oxygens (including phenoxy) is 3. The van der Waals surface area contributed by atoms with Crippen molar-refractivity contribution in [2.24, 2.45) is 4.99 Å². The van der Waals surface area contributed by atoms with Gasteiger partial charge in [-0.25, -0.2) is 0 Å². The average Bonchev–Trinajstić information content (AvgIpc) is 3.12. The molecule has 7 nitrogen and oxygen atoms in total. The maximum Gasteiger partial charge on any atom is 0.325 e. The molecule has 9 heteroatoms. The van der Waals surface area contributed by atoms with Gasteiger partial charge in [0.05, 0.1) is 31.5 Å². The molecule has 0 unspecified atom stereocenters. The number of methoxy groups -OCH3 is 3. The van der Waals surface area contributed by atoms with Crippen LogP contribution in [0.2, 0.25) is 0 Å². The number of benzene rings is 2. The molecule has 0 aliphatic carbocycles. The Hall–Kier alpha value is -2.78. The van der Waals surface area contributed by atoms with Crippen LogP contribution in [0.5, 0.6) is 11.5 Å². The van der Waals surface area contributed by atoms with Crippen LogP contribution in [-0.2, 0) is 20.9 Å². The fourth-order valence-electron chi connectivity index (χ4n) is 2.86. The van der Waals surface area contributed by atoms with E-state index < -0.39 is 5.97 Å². The molecule has 0 spiro atoms. The second-order valence-corrected chi connectivity index (χ2v) is 8.69. The SMILES string of the molecule is COC(=O)Cn1c(=NC(=O)CCCSc2ccc(OC)cc2)sc2cc(OC)ccc21. The summed E-state index contributed by atoms with van der Waals surface area (Å²) in [6.07, 6.45) is 1.04. The average molecular weight is 461 g/mol. The molecule has 0 fully saturated rings. The number of fused-ring (bicyclic) bond motifs is 1. The quantitative estimate of drug-likeness (QED) is 0.274. The van der Waals surface area contributed by atoms with E-state index in [9.17, 15) is 9.59 Å². The van der Waals surface area contributed by atoms with Crippen molar-refractivity contribution < 1.29 is 23.8 Å². The van der Waals surface area contributed by atoms with E-state index in [-0.39, 0.29) is 12.5 Å². The summed E-state index contributed by atoms with van der Waals surface area (Å²) in [6, 6.07) is 13.3.